The Kier molecular flexibility index (Phi) is 5.00. The summed E-state index contributed by atoms with van der Waals surface area (Å²) in [5, 5.41) is 10.7. The molecular weight excluding hydrogens is 258 g/mol. The second-order valence-electron chi connectivity index (χ2n) is 4.79. The summed E-state index contributed by atoms with van der Waals surface area (Å²) in [5.41, 5.74) is 0.992. The predicted molar refractivity (Wildman–Crippen MR) is 76.7 cm³/mol. The molecule has 1 aliphatic heterocycles. The van der Waals surface area contributed by atoms with Crippen LogP contribution in [-0.4, -0.2) is 29.1 Å². The van der Waals surface area contributed by atoms with Crippen molar-refractivity contribution in [3.05, 3.63) is 21.9 Å². The smallest absolute Gasteiger partial charge is 0.223 e. The first kappa shape index (κ1) is 14.1. The molecule has 0 bridgehead atoms. The van der Waals surface area contributed by atoms with Gasteiger partial charge in [0.2, 0.25) is 5.91 Å². The van der Waals surface area contributed by atoms with Gasteiger partial charge in [-0.1, -0.05) is 25.2 Å². The Morgan fingerprint density at radius 1 is 1.58 bits per heavy atom. The van der Waals surface area contributed by atoms with Crippen LogP contribution in [0.5, 0.6) is 0 Å². The molecule has 2 heterocycles. The lowest BCUT2D eigenvalue weighted by atomic mass is 10.1. The number of nitrogens with zero attached hydrogens (tertiary/aromatic N) is 1. The largest absolute Gasteiger partial charge is 0.395 e. The maximum absolute atomic E-state index is 11.9. The molecule has 1 aromatic heterocycles. The maximum Gasteiger partial charge on any atom is 0.223 e. The van der Waals surface area contributed by atoms with E-state index in [0.29, 0.717) is 25.3 Å². The van der Waals surface area contributed by atoms with Gasteiger partial charge in [-0.3, -0.25) is 4.79 Å². The first-order chi connectivity index (χ1) is 9.24. The molecule has 1 fully saturated rings. The van der Waals surface area contributed by atoms with E-state index >= 15 is 0 Å². The topological polar surface area (TPSA) is 40.5 Å². The van der Waals surface area contributed by atoms with Crippen LogP contribution >= 0.6 is 11.3 Å². The fraction of sp³-hybridized carbons (Fsp3) is 0.533. The van der Waals surface area contributed by atoms with Crippen LogP contribution in [0, 0.1) is 17.8 Å². The third-order valence-electron chi connectivity index (χ3n) is 3.41. The molecule has 3 nitrogen and oxygen atoms in total. The quantitative estimate of drug-likeness (QED) is 0.858. The first-order valence-corrected chi connectivity index (χ1v) is 7.56. The number of amides is 1. The van der Waals surface area contributed by atoms with Crippen molar-refractivity contribution in [3.8, 4) is 11.8 Å². The average molecular weight is 277 g/mol. The molecule has 19 heavy (non-hydrogen) atoms. The Labute approximate surface area is 118 Å². The summed E-state index contributed by atoms with van der Waals surface area (Å²) in [6.45, 7) is 3.78. The fourth-order valence-corrected chi connectivity index (χ4v) is 3.09. The lowest BCUT2D eigenvalue weighted by Gasteiger charge is -2.15. The van der Waals surface area contributed by atoms with E-state index < -0.39 is 0 Å². The highest BCUT2D eigenvalue weighted by atomic mass is 32.1. The number of aliphatic hydroxyl groups excluding tert-OH is 1. The van der Waals surface area contributed by atoms with Gasteiger partial charge < -0.3 is 10.0 Å². The summed E-state index contributed by atoms with van der Waals surface area (Å²) in [7, 11) is 0. The summed E-state index contributed by atoms with van der Waals surface area (Å²) in [6, 6.07) is 1.99. The minimum Gasteiger partial charge on any atom is -0.395 e. The van der Waals surface area contributed by atoms with Gasteiger partial charge in [-0.05, 0) is 17.4 Å². The molecule has 0 saturated carbocycles. The molecule has 0 aromatic carbocycles. The molecule has 1 unspecified atom stereocenters. The molecule has 0 radical (unpaired) electrons. The standard InChI is InChI=1S/C15H19NO2S/c1-2-12-9-15(18)16(10-12)11-14-13(6-8-19-14)5-3-4-7-17/h6,8,12,17H,2,4,7,9-11H2,1H3. The van der Waals surface area contributed by atoms with E-state index in [1.165, 1.54) is 0 Å². The molecule has 4 heteroatoms. The molecular formula is C15H19NO2S. The van der Waals surface area contributed by atoms with Gasteiger partial charge in [0.25, 0.3) is 0 Å². The van der Waals surface area contributed by atoms with Crippen molar-refractivity contribution < 1.29 is 9.90 Å². The minimum atomic E-state index is 0.0925. The Morgan fingerprint density at radius 3 is 3.11 bits per heavy atom. The zero-order valence-corrected chi connectivity index (χ0v) is 12.0. The number of hydrogen-bond donors (Lipinski definition) is 1. The number of thiophene rings is 1. The molecule has 102 valence electrons. The van der Waals surface area contributed by atoms with Crippen LogP contribution in [0.2, 0.25) is 0 Å². The average Bonchev–Trinajstić information content (AvgIpc) is 2.98. The molecule has 1 atom stereocenters. The summed E-state index contributed by atoms with van der Waals surface area (Å²) in [5.74, 6) is 6.78. The zero-order chi connectivity index (χ0) is 13.7. The van der Waals surface area contributed by atoms with Crippen molar-refractivity contribution in [2.75, 3.05) is 13.2 Å². The highest BCUT2D eigenvalue weighted by Crippen LogP contribution is 2.25. The molecule has 0 spiro atoms. The van der Waals surface area contributed by atoms with Gasteiger partial charge in [0.15, 0.2) is 0 Å². The van der Waals surface area contributed by atoms with Crippen molar-refractivity contribution >= 4 is 17.2 Å². The second-order valence-corrected chi connectivity index (χ2v) is 5.79. The van der Waals surface area contributed by atoms with Crippen LogP contribution in [0.1, 0.15) is 36.6 Å². The van der Waals surface area contributed by atoms with E-state index in [-0.39, 0.29) is 12.5 Å². The van der Waals surface area contributed by atoms with Crippen molar-refractivity contribution in [1.82, 2.24) is 4.90 Å². The van der Waals surface area contributed by atoms with E-state index in [1.54, 1.807) is 11.3 Å². The van der Waals surface area contributed by atoms with E-state index in [2.05, 4.69) is 18.8 Å². The molecule has 2 rings (SSSR count). The van der Waals surface area contributed by atoms with Crippen molar-refractivity contribution in [2.45, 2.75) is 32.7 Å². The predicted octanol–water partition coefficient (Wildman–Crippen LogP) is 2.24. The third kappa shape index (κ3) is 3.59. The maximum atomic E-state index is 11.9. The van der Waals surface area contributed by atoms with Crippen LogP contribution in [-0.2, 0) is 11.3 Å². The first-order valence-electron chi connectivity index (χ1n) is 6.68. The molecule has 0 aliphatic carbocycles. The highest BCUT2D eigenvalue weighted by Gasteiger charge is 2.28. The SMILES string of the molecule is CCC1CC(=O)N(Cc2sccc2C#CCCO)C1. The van der Waals surface area contributed by atoms with E-state index in [4.69, 9.17) is 5.11 Å². The molecule has 1 aromatic rings. The zero-order valence-electron chi connectivity index (χ0n) is 11.2. The number of carbonyl (C=O) groups is 1. The van der Waals surface area contributed by atoms with Gasteiger partial charge in [-0.2, -0.15) is 0 Å². The van der Waals surface area contributed by atoms with E-state index in [0.717, 1.165) is 23.4 Å². The van der Waals surface area contributed by atoms with E-state index in [9.17, 15) is 4.79 Å². The van der Waals surface area contributed by atoms with Gasteiger partial charge in [0, 0.05) is 29.8 Å². The van der Waals surface area contributed by atoms with Crippen LogP contribution < -0.4 is 0 Å². The van der Waals surface area contributed by atoms with Crippen LogP contribution in [0.15, 0.2) is 11.4 Å². The second kappa shape index (κ2) is 6.74. The lowest BCUT2D eigenvalue weighted by molar-refractivity contribution is -0.128. The third-order valence-corrected chi connectivity index (χ3v) is 4.32. The van der Waals surface area contributed by atoms with Crippen molar-refractivity contribution in [3.63, 3.8) is 0 Å². The number of hydrogen-bond acceptors (Lipinski definition) is 3. The Balaban J connectivity index is 2.02. The fourth-order valence-electron chi connectivity index (χ4n) is 2.24. The molecule has 1 amide bonds. The van der Waals surface area contributed by atoms with E-state index in [1.807, 2.05) is 16.3 Å². The van der Waals surface area contributed by atoms with Crippen LogP contribution in [0.25, 0.3) is 0 Å². The lowest BCUT2D eigenvalue weighted by Crippen LogP contribution is -2.24. The normalized spacial score (nSPS) is 18.5. The Hall–Kier alpha value is -1.31. The molecule has 1 saturated heterocycles. The van der Waals surface area contributed by atoms with Gasteiger partial charge in [0.05, 0.1) is 13.2 Å². The van der Waals surface area contributed by atoms with Gasteiger partial charge >= 0.3 is 0 Å². The van der Waals surface area contributed by atoms with Crippen molar-refractivity contribution in [2.24, 2.45) is 5.92 Å². The Morgan fingerprint density at radius 2 is 2.42 bits per heavy atom. The van der Waals surface area contributed by atoms with Crippen LogP contribution in [0.3, 0.4) is 0 Å². The minimum absolute atomic E-state index is 0.0925. The summed E-state index contributed by atoms with van der Waals surface area (Å²) in [4.78, 5) is 15.0. The summed E-state index contributed by atoms with van der Waals surface area (Å²) >= 11 is 1.65. The monoisotopic (exact) mass is 277 g/mol. The molecule has 1 aliphatic rings. The van der Waals surface area contributed by atoms with Gasteiger partial charge in [0.1, 0.15) is 0 Å². The number of carbonyl (C=O) groups excluding carboxylic acids is 1. The van der Waals surface area contributed by atoms with Crippen LogP contribution in [0.4, 0.5) is 0 Å². The van der Waals surface area contributed by atoms with Gasteiger partial charge in [-0.15, -0.1) is 11.3 Å². The highest BCUT2D eigenvalue weighted by molar-refractivity contribution is 7.10. The number of likely N-dealkylation sites (tertiary alicyclic amines) is 1. The number of rotatable bonds is 4. The number of aliphatic hydroxyl groups is 1. The van der Waals surface area contributed by atoms with Crippen molar-refractivity contribution in [1.29, 1.82) is 0 Å². The van der Waals surface area contributed by atoms with Gasteiger partial charge in [-0.25, -0.2) is 0 Å². The summed E-state index contributed by atoms with van der Waals surface area (Å²) in [6.07, 6.45) is 2.25. The summed E-state index contributed by atoms with van der Waals surface area (Å²) < 4.78 is 0. The Bertz CT molecular complexity index is 498. The molecule has 1 N–H and O–H groups in total.